The van der Waals surface area contributed by atoms with Gasteiger partial charge in [-0.15, -0.1) is 11.8 Å². The second-order valence-electron chi connectivity index (χ2n) is 5.62. The van der Waals surface area contributed by atoms with Gasteiger partial charge in [-0.2, -0.15) is 0 Å². The number of carbonyl (C=O) groups excluding carboxylic acids is 1. The number of thioether (sulfide) groups is 1. The molecule has 0 saturated carbocycles. The van der Waals surface area contributed by atoms with Crippen LogP contribution in [0.25, 0.3) is 0 Å². The van der Waals surface area contributed by atoms with Gasteiger partial charge in [0.1, 0.15) is 16.9 Å². The van der Waals surface area contributed by atoms with Gasteiger partial charge in [0, 0.05) is 23.4 Å². The third-order valence-electron chi connectivity index (χ3n) is 3.98. The van der Waals surface area contributed by atoms with Crippen molar-refractivity contribution in [2.45, 2.75) is 5.37 Å². The number of ether oxygens (including phenoxy) is 2. The van der Waals surface area contributed by atoms with Crippen LogP contribution in [0.3, 0.4) is 0 Å². The molecule has 1 saturated heterocycles. The Balaban J connectivity index is 1.82. The number of halogens is 2. The largest absolute Gasteiger partial charge is 0.497 e. The van der Waals surface area contributed by atoms with Crippen molar-refractivity contribution in [2.24, 2.45) is 0 Å². The normalized spacial score (nSPS) is 16.5. The Bertz CT molecular complexity index is 797. The van der Waals surface area contributed by atoms with Gasteiger partial charge in [0.25, 0.3) is 0 Å². The standard InChI is InChI=1S/C18H18Cl2N2O3S/c1-24-13-7-11(8-14(10-13)25-2)17-22(5-6-26-17)18(23)21-16-4-3-12(19)9-15(16)20/h3-4,7-10,17H,5-6H2,1-2H3,(H,21,23)/t17-/m0/s1. The molecule has 2 aromatic rings. The van der Waals surface area contributed by atoms with E-state index in [-0.39, 0.29) is 11.4 Å². The Labute approximate surface area is 166 Å². The predicted octanol–water partition coefficient (Wildman–Crippen LogP) is 5.29. The van der Waals surface area contributed by atoms with Gasteiger partial charge in [0.15, 0.2) is 0 Å². The molecule has 0 aliphatic carbocycles. The van der Waals surface area contributed by atoms with Crippen LogP contribution < -0.4 is 14.8 Å². The number of carbonyl (C=O) groups is 1. The Morgan fingerprint density at radius 2 is 1.85 bits per heavy atom. The van der Waals surface area contributed by atoms with Crippen LogP contribution in [-0.4, -0.2) is 37.4 Å². The lowest BCUT2D eigenvalue weighted by molar-refractivity contribution is 0.214. The van der Waals surface area contributed by atoms with E-state index in [1.54, 1.807) is 55.1 Å². The highest BCUT2D eigenvalue weighted by atomic mass is 35.5. The van der Waals surface area contributed by atoms with Crippen molar-refractivity contribution in [3.8, 4) is 11.5 Å². The molecule has 0 bridgehead atoms. The van der Waals surface area contributed by atoms with Crippen molar-refractivity contribution in [1.82, 2.24) is 4.90 Å². The molecule has 1 aliphatic rings. The first-order valence-electron chi connectivity index (χ1n) is 7.89. The fourth-order valence-corrected chi connectivity index (χ4v) is 4.39. The highest BCUT2D eigenvalue weighted by Gasteiger charge is 2.31. The van der Waals surface area contributed by atoms with Gasteiger partial charge in [-0.1, -0.05) is 23.2 Å². The zero-order valence-corrected chi connectivity index (χ0v) is 16.6. The third-order valence-corrected chi connectivity index (χ3v) is 5.79. The zero-order chi connectivity index (χ0) is 18.7. The van der Waals surface area contributed by atoms with E-state index in [0.717, 1.165) is 11.3 Å². The summed E-state index contributed by atoms with van der Waals surface area (Å²) in [5.41, 5.74) is 1.47. The van der Waals surface area contributed by atoms with Crippen LogP contribution in [0.1, 0.15) is 10.9 Å². The van der Waals surface area contributed by atoms with Gasteiger partial charge in [-0.3, -0.25) is 0 Å². The molecule has 0 aromatic heterocycles. The fourth-order valence-electron chi connectivity index (χ4n) is 2.70. The van der Waals surface area contributed by atoms with Gasteiger partial charge in [-0.25, -0.2) is 4.79 Å². The number of amides is 2. The lowest BCUT2D eigenvalue weighted by atomic mass is 10.2. The van der Waals surface area contributed by atoms with Crippen molar-refractivity contribution in [2.75, 3.05) is 31.8 Å². The van der Waals surface area contributed by atoms with Crippen LogP contribution in [0, 0.1) is 0 Å². The molecule has 26 heavy (non-hydrogen) atoms. The molecule has 1 N–H and O–H groups in total. The highest BCUT2D eigenvalue weighted by Crippen LogP contribution is 2.41. The summed E-state index contributed by atoms with van der Waals surface area (Å²) in [6, 6.07) is 10.4. The van der Waals surface area contributed by atoms with E-state index in [4.69, 9.17) is 32.7 Å². The van der Waals surface area contributed by atoms with E-state index in [9.17, 15) is 4.79 Å². The Hall–Kier alpha value is -1.76. The lowest BCUT2D eigenvalue weighted by Crippen LogP contribution is -2.34. The third kappa shape index (κ3) is 4.14. The van der Waals surface area contributed by atoms with E-state index in [2.05, 4.69) is 5.32 Å². The number of urea groups is 1. The molecule has 0 unspecified atom stereocenters. The number of benzene rings is 2. The molecule has 8 heteroatoms. The summed E-state index contributed by atoms with van der Waals surface area (Å²) in [7, 11) is 3.21. The maximum absolute atomic E-state index is 12.8. The van der Waals surface area contributed by atoms with Crippen LogP contribution in [0.15, 0.2) is 36.4 Å². The first-order valence-corrected chi connectivity index (χ1v) is 9.69. The average Bonchev–Trinajstić information content (AvgIpc) is 3.13. The minimum atomic E-state index is -0.217. The number of nitrogens with zero attached hydrogens (tertiary/aromatic N) is 1. The topological polar surface area (TPSA) is 50.8 Å². The molecule has 1 atom stereocenters. The molecule has 138 valence electrons. The molecule has 1 fully saturated rings. The van der Waals surface area contributed by atoms with Crippen molar-refractivity contribution in [3.05, 3.63) is 52.0 Å². The number of hydrogen-bond acceptors (Lipinski definition) is 4. The Morgan fingerprint density at radius 3 is 2.46 bits per heavy atom. The summed E-state index contributed by atoms with van der Waals surface area (Å²) >= 11 is 13.8. The first kappa shape index (κ1) is 19.0. The fraction of sp³-hybridized carbons (Fsp3) is 0.278. The SMILES string of the molecule is COc1cc(OC)cc([C@@H]2SCCN2C(=O)Nc2ccc(Cl)cc2Cl)c1. The summed E-state index contributed by atoms with van der Waals surface area (Å²) in [5.74, 6) is 2.22. The quantitative estimate of drug-likeness (QED) is 0.740. The number of methoxy groups -OCH3 is 2. The lowest BCUT2D eigenvalue weighted by Gasteiger charge is -2.25. The molecule has 5 nitrogen and oxygen atoms in total. The first-order chi connectivity index (χ1) is 12.5. The molecule has 0 radical (unpaired) electrons. The monoisotopic (exact) mass is 412 g/mol. The van der Waals surface area contributed by atoms with Gasteiger partial charge in [0.2, 0.25) is 0 Å². The summed E-state index contributed by atoms with van der Waals surface area (Å²) in [4.78, 5) is 14.6. The number of nitrogens with one attached hydrogen (secondary N) is 1. The van der Waals surface area contributed by atoms with E-state index < -0.39 is 0 Å². The number of hydrogen-bond donors (Lipinski definition) is 1. The summed E-state index contributed by atoms with van der Waals surface area (Å²) in [6.45, 7) is 0.631. The van der Waals surface area contributed by atoms with Crippen LogP contribution in [0.4, 0.5) is 10.5 Å². The molecule has 1 aliphatic heterocycles. The van der Waals surface area contributed by atoms with Crippen molar-refractivity contribution in [3.63, 3.8) is 0 Å². The van der Waals surface area contributed by atoms with Crippen LogP contribution >= 0.6 is 35.0 Å². The van der Waals surface area contributed by atoms with Crippen molar-refractivity contribution in [1.29, 1.82) is 0 Å². The minimum Gasteiger partial charge on any atom is -0.497 e. The van der Waals surface area contributed by atoms with E-state index >= 15 is 0 Å². The van der Waals surface area contributed by atoms with Crippen molar-refractivity contribution >= 4 is 46.7 Å². The molecule has 1 heterocycles. The Morgan fingerprint density at radius 1 is 1.15 bits per heavy atom. The van der Waals surface area contributed by atoms with Crippen LogP contribution in [0.5, 0.6) is 11.5 Å². The molecule has 2 amide bonds. The van der Waals surface area contributed by atoms with Crippen LogP contribution in [0.2, 0.25) is 10.0 Å². The van der Waals surface area contributed by atoms with Crippen LogP contribution in [-0.2, 0) is 0 Å². The minimum absolute atomic E-state index is 0.134. The molecule has 0 spiro atoms. The zero-order valence-electron chi connectivity index (χ0n) is 14.3. The maximum atomic E-state index is 12.8. The second kappa shape index (κ2) is 8.29. The second-order valence-corrected chi connectivity index (χ2v) is 7.65. The van der Waals surface area contributed by atoms with E-state index in [1.165, 1.54) is 0 Å². The highest BCUT2D eigenvalue weighted by molar-refractivity contribution is 7.99. The van der Waals surface area contributed by atoms with E-state index in [1.807, 2.05) is 12.1 Å². The smallest absolute Gasteiger partial charge is 0.323 e. The van der Waals surface area contributed by atoms with Crippen molar-refractivity contribution < 1.29 is 14.3 Å². The Kier molecular flexibility index (Phi) is 6.06. The molecular formula is C18H18Cl2N2O3S. The van der Waals surface area contributed by atoms with Gasteiger partial charge >= 0.3 is 6.03 Å². The maximum Gasteiger partial charge on any atom is 0.323 e. The molecule has 3 rings (SSSR count). The van der Waals surface area contributed by atoms with Gasteiger partial charge in [0.05, 0.1) is 24.9 Å². The van der Waals surface area contributed by atoms with E-state index in [0.29, 0.717) is 33.8 Å². The number of rotatable bonds is 4. The summed E-state index contributed by atoms with van der Waals surface area (Å²) in [5, 5.41) is 3.64. The number of anilines is 1. The predicted molar refractivity (Wildman–Crippen MR) is 107 cm³/mol. The summed E-state index contributed by atoms with van der Waals surface area (Å²) in [6.07, 6.45) is 0. The van der Waals surface area contributed by atoms with Gasteiger partial charge in [-0.05, 0) is 35.9 Å². The molecular weight excluding hydrogens is 395 g/mol. The van der Waals surface area contributed by atoms with Gasteiger partial charge < -0.3 is 19.7 Å². The molecule has 2 aromatic carbocycles. The average molecular weight is 413 g/mol. The summed E-state index contributed by atoms with van der Waals surface area (Å²) < 4.78 is 10.7.